The lowest BCUT2D eigenvalue weighted by molar-refractivity contribution is 0.148. The fraction of sp³-hybridized carbons (Fsp3) is 1.00. The van der Waals surface area contributed by atoms with Crippen LogP contribution in [-0.2, 0) is 0 Å². The molecule has 0 heterocycles. The van der Waals surface area contributed by atoms with E-state index in [0.29, 0.717) is 5.41 Å². The van der Waals surface area contributed by atoms with Crippen LogP contribution in [0.25, 0.3) is 0 Å². The Labute approximate surface area is 126 Å². The van der Waals surface area contributed by atoms with Crippen LogP contribution in [0.2, 0.25) is 0 Å². The molecule has 3 saturated carbocycles. The average molecular weight is 277 g/mol. The van der Waals surface area contributed by atoms with Gasteiger partial charge in [0, 0.05) is 0 Å². The van der Waals surface area contributed by atoms with Crippen molar-refractivity contribution < 1.29 is 0 Å². The van der Waals surface area contributed by atoms with E-state index < -0.39 is 0 Å². The second kappa shape index (κ2) is 5.99. The molecule has 0 radical (unpaired) electrons. The monoisotopic (exact) mass is 277 g/mol. The van der Waals surface area contributed by atoms with E-state index >= 15 is 0 Å². The molecule has 3 fully saturated rings. The number of rotatable bonds is 4. The maximum atomic E-state index is 3.84. The lowest BCUT2D eigenvalue weighted by atomic mass is 9.70. The predicted octanol–water partition coefficient (Wildman–Crippen LogP) is 4.86. The van der Waals surface area contributed by atoms with Crippen molar-refractivity contribution in [2.24, 2.45) is 35.0 Å². The minimum atomic E-state index is 0.529. The van der Waals surface area contributed by atoms with Crippen LogP contribution in [0.3, 0.4) is 0 Å². The molecule has 2 bridgehead atoms. The maximum Gasteiger partial charge on any atom is -0.00176 e. The van der Waals surface area contributed by atoms with E-state index in [9.17, 15) is 0 Å². The van der Waals surface area contributed by atoms with Crippen LogP contribution in [-0.4, -0.2) is 13.1 Å². The van der Waals surface area contributed by atoms with E-state index in [1.807, 2.05) is 0 Å². The summed E-state index contributed by atoms with van der Waals surface area (Å²) >= 11 is 0. The lowest BCUT2D eigenvalue weighted by Gasteiger charge is -2.37. The Morgan fingerprint density at radius 3 is 2.15 bits per heavy atom. The summed E-state index contributed by atoms with van der Waals surface area (Å²) in [6, 6.07) is 0. The van der Waals surface area contributed by atoms with Crippen molar-refractivity contribution >= 4 is 0 Å². The van der Waals surface area contributed by atoms with Crippen LogP contribution < -0.4 is 5.32 Å². The first kappa shape index (κ1) is 14.9. The van der Waals surface area contributed by atoms with Crippen molar-refractivity contribution in [3.8, 4) is 0 Å². The zero-order chi connectivity index (χ0) is 14.2. The molecule has 3 atom stereocenters. The van der Waals surface area contributed by atoms with Crippen LogP contribution in [0.5, 0.6) is 0 Å². The smallest absolute Gasteiger partial charge is 0.00176 e. The normalized spacial score (nSPS) is 41.2. The minimum absolute atomic E-state index is 0.529. The Morgan fingerprint density at radius 1 is 0.850 bits per heavy atom. The van der Waals surface area contributed by atoms with Gasteiger partial charge in [0.25, 0.3) is 0 Å². The molecular formula is C19H35N. The van der Waals surface area contributed by atoms with E-state index in [4.69, 9.17) is 0 Å². The quantitative estimate of drug-likeness (QED) is 0.773. The molecule has 3 aliphatic rings. The van der Waals surface area contributed by atoms with Gasteiger partial charge in [-0.15, -0.1) is 0 Å². The standard InChI is InChI=1S/C19H35N/c1-19(2,3)18-8-5-14(6-9-18)12-20-13-17-11-15-4-7-16(17)10-15/h14-18,20H,4-13H2,1-3H3. The molecule has 0 aromatic heterocycles. The Balaban J connectivity index is 1.32. The number of hydrogen-bond donors (Lipinski definition) is 1. The molecule has 0 amide bonds. The first-order valence-corrected chi connectivity index (χ1v) is 9.23. The highest BCUT2D eigenvalue weighted by atomic mass is 14.9. The molecule has 0 aliphatic heterocycles. The summed E-state index contributed by atoms with van der Waals surface area (Å²) in [5.41, 5.74) is 0.529. The van der Waals surface area contributed by atoms with Crippen molar-refractivity contribution in [3.63, 3.8) is 0 Å². The molecule has 20 heavy (non-hydrogen) atoms. The van der Waals surface area contributed by atoms with Gasteiger partial charge in [-0.3, -0.25) is 0 Å². The SMILES string of the molecule is CC(C)(C)C1CCC(CNCC2CC3CCC2C3)CC1. The van der Waals surface area contributed by atoms with Gasteiger partial charge < -0.3 is 5.32 Å². The van der Waals surface area contributed by atoms with Gasteiger partial charge in [0.2, 0.25) is 0 Å². The van der Waals surface area contributed by atoms with Crippen LogP contribution in [0.1, 0.15) is 72.1 Å². The van der Waals surface area contributed by atoms with Crippen LogP contribution >= 0.6 is 0 Å². The van der Waals surface area contributed by atoms with Gasteiger partial charge in [-0.1, -0.05) is 27.2 Å². The second-order valence-electron chi connectivity index (χ2n) is 9.18. The fourth-order valence-electron chi connectivity index (χ4n) is 5.33. The highest BCUT2D eigenvalue weighted by Gasteiger charge is 2.39. The largest absolute Gasteiger partial charge is 0.316 e. The zero-order valence-electron chi connectivity index (χ0n) is 14.0. The lowest BCUT2D eigenvalue weighted by Crippen LogP contribution is -2.33. The summed E-state index contributed by atoms with van der Waals surface area (Å²) in [5.74, 6) is 5.15. The molecule has 1 nitrogen and oxygen atoms in total. The summed E-state index contributed by atoms with van der Waals surface area (Å²) in [6.45, 7) is 9.88. The molecule has 1 N–H and O–H groups in total. The minimum Gasteiger partial charge on any atom is -0.316 e. The predicted molar refractivity (Wildman–Crippen MR) is 86.7 cm³/mol. The summed E-state index contributed by atoms with van der Waals surface area (Å²) in [4.78, 5) is 0. The van der Waals surface area contributed by atoms with E-state index in [0.717, 1.165) is 29.6 Å². The van der Waals surface area contributed by atoms with Crippen LogP contribution in [0.4, 0.5) is 0 Å². The third-order valence-electron chi connectivity index (χ3n) is 6.80. The molecule has 3 unspecified atom stereocenters. The Hall–Kier alpha value is -0.0400. The van der Waals surface area contributed by atoms with Crippen molar-refractivity contribution in [1.82, 2.24) is 5.32 Å². The third-order valence-corrected chi connectivity index (χ3v) is 6.80. The molecule has 0 aromatic carbocycles. The Kier molecular flexibility index (Phi) is 4.45. The van der Waals surface area contributed by atoms with E-state index in [1.54, 1.807) is 6.42 Å². The highest BCUT2D eigenvalue weighted by molar-refractivity contribution is 4.91. The number of fused-ring (bicyclic) bond motifs is 2. The molecule has 1 heteroatoms. The summed E-state index contributed by atoms with van der Waals surface area (Å²) in [5, 5.41) is 3.84. The fourth-order valence-corrected chi connectivity index (χ4v) is 5.33. The van der Waals surface area contributed by atoms with Crippen LogP contribution in [0, 0.1) is 35.0 Å². The molecule has 0 saturated heterocycles. The molecule has 3 rings (SSSR count). The van der Waals surface area contributed by atoms with Crippen molar-refractivity contribution in [3.05, 3.63) is 0 Å². The molecule has 3 aliphatic carbocycles. The van der Waals surface area contributed by atoms with Crippen LogP contribution in [0.15, 0.2) is 0 Å². The van der Waals surface area contributed by atoms with Gasteiger partial charge in [0.05, 0.1) is 0 Å². The van der Waals surface area contributed by atoms with Crippen molar-refractivity contribution in [2.75, 3.05) is 13.1 Å². The maximum absolute atomic E-state index is 3.84. The number of nitrogens with one attached hydrogen (secondary N) is 1. The summed E-state index contributed by atoms with van der Waals surface area (Å²) < 4.78 is 0. The average Bonchev–Trinajstić information content (AvgIpc) is 3.00. The third kappa shape index (κ3) is 3.40. The highest BCUT2D eigenvalue weighted by Crippen LogP contribution is 2.48. The van der Waals surface area contributed by atoms with Gasteiger partial charge in [0.1, 0.15) is 0 Å². The molecular weight excluding hydrogens is 242 g/mol. The Bertz CT molecular complexity index is 308. The van der Waals surface area contributed by atoms with Gasteiger partial charge in [-0.25, -0.2) is 0 Å². The number of hydrogen-bond acceptors (Lipinski definition) is 1. The Morgan fingerprint density at radius 2 is 1.60 bits per heavy atom. The zero-order valence-corrected chi connectivity index (χ0v) is 14.0. The molecule has 0 aromatic rings. The van der Waals surface area contributed by atoms with E-state index in [-0.39, 0.29) is 0 Å². The second-order valence-corrected chi connectivity index (χ2v) is 9.18. The van der Waals surface area contributed by atoms with Crippen molar-refractivity contribution in [2.45, 2.75) is 72.1 Å². The van der Waals surface area contributed by atoms with Gasteiger partial charge in [-0.2, -0.15) is 0 Å². The van der Waals surface area contributed by atoms with Crippen molar-refractivity contribution in [1.29, 1.82) is 0 Å². The summed E-state index contributed by atoms with van der Waals surface area (Å²) in [6.07, 6.45) is 12.0. The topological polar surface area (TPSA) is 12.0 Å². The van der Waals surface area contributed by atoms with Gasteiger partial charge in [0.15, 0.2) is 0 Å². The van der Waals surface area contributed by atoms with Gasteiger partial charge >= 0.3 is 0 Å². The van der Waals surface area contributed by atoms with Gasteiger partial charge in [-0.05, 0) is 93.0 Å². The first-order valence-electron chi connectivity index (χ1n) is 9.23. The van der Waals surface area contributed by atoms with E-state index in [2.05, 4.69) is 26.1 Å². The first-order chi connectivity index (χ1) is 9.52. The molecule has 0 spiro atoms. The van der Waals surface area contributed by atoms with E-state index in [1.165, 1.54) is 58.0 Å². The summed E-state index contributed by atoms with van der Waals surface area (Å²) in [7, 11) is 0. The molecule has 116 valence electrons.